The highest BCUT2D eigenvalue weighted by Gasteiger charge is 2.10. The van der Waals surface area contributed by atoms with Gasteiger partial charge in [-0.25, -0.2) is 5.84 Å². The molecule has 0 radical (unpaired) electrons. The van der Waals surface area contributed by atoms with Crippen LogP contribution in [-0.2, 0) is 11.2 Å². The first-order valence-electron chi connectivity index (χ1n) is 10.8. The van der Waals surface area contributed by atoms with Gasteiger partial charge in [0.15, 0.2) is 0 Å². The van der Waals surface area contributed by atoms with Gasteiger partial charge >= 0.3 is 0 Å². The van der Waals surface area contributed by atoms with Gasteiger partial charge in [0.1, 0.15) is 0 Å². The normalized spacial score (nSPS) is 11.8. The van der Waals surface area contributed by atoms with E-state index in [2.05, 4.69) is 54.6 Å². The molecular weight excluding hydrogens is 370 g/mol. The summed E-state index contributed by atoms with van der Waals surface area (Å²) in [4.78, 5) is 0. The van der Waals surface area contributed by atoms with Gasteiger partial charge in [0.25, 0.3) is 0 Å². The van der Waals surface area contributed by atoms with Crippen molar-refractivity contribution in [3.8, 4) is 0 Å². The molecule has 4 N–H and O–H groups in total. The molecular formula is C26H33N3O. The first-order chi connectivity index (χ1) is 14.6. The number of hydrogen-bond acceptors (Lipinski definition) is 4. The van der Waals surface area contributed by atoms with Crippen LogP contribution in [-0.4, -0.2) is 25.3 Å². The number of nitrogens with zero attached hydrogens (tertiary/aromatic N) is 1. The lowest BCUT2D eigenvalue weighted by molar-refractivity contribution is 0.150. The number of unbranched alkanes of at least 4 members (excludes halogenated alkanes) is 1. The Morgan fingerprint density at radius 2 is 1.53 bits per heavy atom. The molecule has 30 heavy (non-hydrogen) atoms. The minimum Gasteiger partial charge on any atom is -0.399 e. The zero-order valence-electron chi connectivity index (χ0n) is 18.3. The second-order valence-corrected chi connectivity index (χ2v) is 7.46. The molecule has 4 nitrogen and oxygen atoms in total. The van der Waals surface area contributed by atoms with Crippen molar-refractivity contribution in [2.75, 3.05) is 20.3 Å². The SMILES string of the molecule is CC.CN(N)/C=C(\N)COCCCCc1ccc2ccc3cccc4ccc1c2c34. The number of hydrazine groups is 1. The Labute approximate surface area is 179 Å². The Kier molecular flexibility index (Phi) is 7.50. The molecule has 0 heterocycles. The first-order valence-corrected chi connectivity index (χ1v) is 10.8. The van der Waals surface area contributed by atoms with Crippen LogP contribution in [0.5, 0.6) is 0 Å². The van der Waals surface area contributed by atoms with Crippen molar-refractivity contribution in [3.05, 3.63) is 72.1 Å². The summed E-state index contributed by atoms with van der Waals surface area (Å²) in [6.45, 7) is 5.12. The van der Waals surface area contributed by atoms with Crippen molar-refractivity contribution < 1.29 is 4.74 Å². The summed E-state index contributed by atoms with van der Waals surface area (Å²) in [6.07, 6.45) is 4.82. The minimum absolute atomic E-state index is 0.417. The number of nitrogens with two attached hydrogens (primary N) is 2. The van der Waals surface area contributed by atoms with Crippen molar-refractivity contribution in [1.29, 1.82) is 0 Å². The third-order valence-electron chi connectivity index (χ3n) is 5.24. The molecule has 0 saturated heterocycles. The molecule has 4 aromatic rings. The molecule has 0 atom stereocenters. The van der Waals surface area contributed by atoms with E-state index in [0.717, 1.165) is 19.3 Å². The molecule has 4 rings (SSSR count). The predicted molar refractivity (Wildman–Crippen MR) is 129 cm³/mol. The van der Waals surface area contributed by atoms with E-state index in [1.807, 2.05) is 13.8 Å². The number of ether oxygens (including phenoxy) is 1. The smallest absolute Gasteiger partial charge is 0.0875 e. The van der Waals surface area contributed by atoms with E-state index < -0.39 is 0 Å². The monoisotopic (exact) mass is 403 g/mol. The molecule has 0 spiro atoms. The van der Waals surface area contributed by atoms with Crippen LogP contribution >= 0.6 is 0 Å². The van der Waals surface area contributed by atoms with Crippen molar-refractivity contribution in [2.45, 2.75) is 33.1 Å². The Morgan fingerprint density at radius 3 is 2.23 bits per heavy atom. The quantitative estimate of drug-likeness (QED) is 0.175. The molecule has 0 unspecified atom stereocenters. The molecule has 0 aliphatic carbocycles. The lowest BCUT2D eigenvalue weighted by atomic mass is 9.91. The van der Waals surface area contributed by atoms with Crippen molar-refractivity contribution in [3.63, 3.8) is 0 Å². The van der Waals surface area contributed by atoms with Gasteiger partial charge in [-0.2, -0.15) is 0 Å². The fourth-order valence-electron chi connectivity index (χ4n) is 4.02. The van der Waals surface area contributed by atoms with Gasteiger partial charge in [0.05, 0.1) is 12.3 Å². The number of rotatable bonds is 8. The minimum atomic E-state index is 0.417. The van der Waals surface area contributed by atoms with Gasteiger partial charge in [0, 0.05) is 19.9 Å². The summed E-state index contributed by atoms with van der Waals surface area (Å²) in [7, 11) is 1.74. The maximum atomic E-state index is 5.83. The third-order valence-corrected chi connectivity index (χ3v) is 5.24. The summed E-state index contributed by atoms with van der Waals surface area (Å²) in [5, 5.41) is 9.54. The first kappa shape index (κ1) is 21.9. The molecule has 0 saturated carbocycles. The number of aryl methyl sites for hydroxylation is 1. The van der Waals surface area contributed by atoms with E-state index in [4.69, 9.17) is 16.3 Å². The second-order valence-electron chi connectivity index (χ2n) is 7.46. The summed E-state index contributed by atoms with van der Waals surface area (Å²) in [5.74, 6) is 5.53. The predicted octanol–water partition coefficient (Wildman–Crippen LogP) is 5.56. The van der Waals surface area contributed by atoms with Crippen LogP contribution in [0.1, 0.15) is 32.3 Å². The molecule has 0 bridgehead atoms. The highest BCUT2D eigenvalue weighted by atomic mass is 16.5. The average molecular weight is 404 g/mol. The van der Waals surface area contributed by atoms with Gasteiger partial charge < -0.3 is 15.5 Å². The van der Waals surface area contributed by atoms with Crippen LogP contribution in [0, 0.1) is 0 Å². The fraction of sp³-hybridized carbons (Fsp3) is 0.308. The molecule has 4 heteroatoms. The van der Waals surface area contributed by atoms with Gasteiger partial charge in [0.2, 0.25) is 0 Å². The third kappa shape index (κ3) is 4.84. The maximum absolute atomic E-state index is 5.83. The van der Waals surface area contributed by atoms with Crippen molar-refractivity contribution in [1.82, 2.24) is 5.01 Å². The van der Waals surface area contributed by atoms with E-state index in [1.165, 1.54) is 42.9 Å². The second kappa shape index (κ2) is 10.3. The maximum Gasteiger partial charge on any atom is 0.0875 e. The van der Waals surface area contributed by atoms with Crippen LogP contribution in [0.15, 0.2) is 66.5 Å². The van der Waals surface area contributed by atoms with Crippen LogP contribution < -0.4 is 11.6 Å². The van der Waals surface area contributed by atoms with Crippen LogP contribution in [0.3, 0.4) is 0 Å². The molecule has 0 amide bonds. The van der Waals surface area contributed by atoms with E-state index in [-0.39, 0.29) is 0 Å². The molecule has 158 valence electrons. The van der Waals surface area contributed by atoms with Gasteiger partial charge in [-0.3, -0.25) is 0 Å². The lowest BCUT2D eigenvalue weighted by Crippen LogP contribution is -2.22. The number of benzene rings is 4. The Balaban J connectivity index is 0.00000124. The van der Waals surface area contributed by atoms with Crippen LogP contribution in [0.2, 0.25) is 0 Å². The van der Waals surface area contributed by atoms with E-state index in [1.54, 1.807) is 13.2 Å². The van der Waals surface area contributed by atoms with Gasteiger partial charge in [-0.05, 0) is 57.1 Å². The zero-order chi connectivity index (χ0) is 21.5. The molecule has 0 aliphatic rings. The highest BCUT2D eigenvalue weighted by Crippen LogP contribution is 2.36. The van der Waals surface area contributed by atoms with E-state index in [0.29, 0.717) is 18.9 Å². The van der Waals surface area contributed by atoms with E-state index in [9.17, 15) is 0 Å². The zero-order valence-corrected chi connectivity index (χ0v) is 18.3. The molecule has 0 aliphatic heterocycles. The summed E-state index contributed by atoms with van der Waals surface area (Å²) >= 11 is 0. The van der Waals surface area contributed by atoms with Crippen LogP contribution in [0.25, 0.3) is 32.3 Å². The van der Waals surface area contributed by atoms with Crippen molar-refractivity contribution >= 4 is 32.3 Å². The highest BCUT2D eigenvalue weighted by molar-refractivity contribution is 6.23. The van der Waals surface area contributed by atoms with E-state index >= 15 is 0 Å². The number of hydrogen-bond donors (Lipinski definition) is 2. The largest absolute Gasteiger partial charge is 0.399 e. The lowest BCUT2D eigenvalue weighted by Gasteiger charge is -2.14. The van der Waals surface area contributed by atoms with Crippen molar-refractivity contribution in [2.24, 2.45) is 11.6 Å². The summed E-state index contributed by atoms with van der Waals surface area (Å²) in [5.41, 5.74) is 7.88. The summed E-state index contributed by atoms with van der Waals surface area (Å²) in [6, 6.07) is 20.1. The Hall–Kier alpha value is -2.82. The van der Waals surface area contributed by atoms with Crippen LogP contribution in [0.4, 0.5) is 0 Å². The molecule has 0 aromatic heterocycles. The standard InChI is InChI=1S/C24H27N3O.C2H6/c1-27(26)15-21(25)16-28-14-3-2-5-17-8-9-20-11-10-18-6-4-7-19-12-13-22(17)24(20)23(18)19;1-2/h4,6-13,15H,2-3,5,14,16,25-26H2,1H3;1-2H3/b21-15-;. The molecule has 4 aromatic carbocycles. The fourth-order valence-corrected chi connectivity index (χ4v) is 4.02. The van der Waals surface area contributed by atoms with Gasteiger partial charge in [-0.15, -0.1) is 0 Å². The Morgan fingerprint density at radius 1 is 0.900 bits per heavy atom. The summed E-state index contributed by atoms with van der Waals surface area (Å²) < 4.78 is 5.64. The Bertz CT molecular complexity index is 1100. The topological polar surface area (TPSA) is 64.5 Å². The van der Waals surface area contributed by atoms with Gasteiger partial charge in [-0.1, -0.05) is 68.4 Å². The average Bonchev–Trinajstić information content (AvgIpc) is 2.76. The molecule has 0 fully saturated rings.